The van der Waals surface area contributed by atoms with E-state index in [-0.39, 0.29) is 36.4 Å². The van der Waals surface area contributed by atoms with E-state index in [2.05, 4.69) is 34.7 Å². The number of rotatable bonds is 11. The van der Waals surface area contributed by atoms with Crippen molar-refractivity contribution in [1.82, 2.24) is 15.5 Å². The summed E-state index contributed by atoms with van der Waals surface area (Å²) in [7, 11) is 5.15. The van der Waals surface area contributed by atoms with Crippen LogP contribution in [0, 0.1) is 0 Å². The fraction of sp³-hybridized carbons (Fsp3) is 0.600. The van der Waals surface area contributed by atoms with Gasteiger partial charge >= 0.3 is 0 Å². The molecule has 0 aliphatic carbocycles. The molecule has 0 heterocycles. The van der Waals surface area contributed by atoms with Crippen LogP contribution in [0.25, 0.3) is 0 Å². The predicted octanol–water partition coefficient (Wildman–Crippen LogP) is 3.06. The van der Waals surface area contributed by atoms with Crippen molar-refractivity contribution in [2.24, 2.45) is 4.99 Å². The fourth-order valence-corrected chi connectivity index (χ4v) is 2.34. The average Bonchev–Trinajstić information content (AvgIpc) is 2.65. The number of unbranched alkanes of at least 4 members (excludes halogenated alkanes) is 3. The lowest BCUT2D eigenvalue weighted by atomic mass is 10.1. The summed E-state index contributed by atoms with van der Waals surface area (Å²) >= 11 is 0. The number of hydrogen-bond donors (Lipinski definition) is 2. The molecule has 1 aromatic carbocycles. The van der Waals surface area contributed by atoms with E-state index in [9.17, 15) is 4.79 Å². The Morgan fingerprint density at radius 1 is 1.07 bits per heavy atom. The molecule has 1 aromatic rings. The highest BCUT2D eigenvalue weighted by Gasteiger charge is 2.04. The molecule has 0 fully saturated rings. The largest absolute Gasteiger partial charge is 0.497 e. The maximum Gasteiger partial charge on any atom is 0.243 e. The van der Waals surface area contributed by atoms with E-state index in [0.717, 1.165) is 31.7 Å². The maximum absolute atomic E-state index is 11.8. The molecule has 1 amide bonds. The normalized spacial score (nSPS) is 10.7. The first-order valence-corrected chi connectivity index (χ1v) is 9.42. The molecule has 0 aromatic heterocycles. The molecule has 0 unspecified atom stereocenters. The van der Waals surface area contributed by atoms with E-state index < -0.39 is 0 Å². The van der Waals surface area contributed by atoms with E-state index in [0.29, 0.717) is 5.96 Å². The summed E-state index contributed by atoms with van der Waals surface area (Å²) in [5.74, 6) is 1.55. The third-order valence-corrected chi connectivity index (χ3v) is 4.06. The minimum atomic E-state index is -0.00719. The molecule has 0 bridgehead atoms. The van der Waals surface area contributed by atoms with Crippen molar-refractivity contribution in [3.63, 3.8) is 0 Å². The van der Waals surface area contributed by atoms with Gasteiger partial charge in [0.15, 0.2) is 5.96 Å². The molecule has 6 nitrogen and oxygen atoms in total. The van der Waals surface area contributed by atoms with Gasteiger partial charge in [0.25, 0.3) is 0 Å². The molecule has 7 heteroatoms. The van der Waals surface area contributed by atoms with Gasteiger partial charge in [-0.15, -0.1) is 24.0 Å². The van der Waals surface area contributed by atoms with Gasteiger partial charge in [-0.05, 0) is 30.5 Å². The summed E-state index contributed by atoms with van der Waals surface area (Å²) in [5, 5.41) is 6.64. The Bertz CT molecular complexity index is 547. The van der Waals surface area contributed by atoms with E-state index in [1.807, 2.05) is 12.1 Å². The molecule has 2 N–H and O–H groups in total. The van der Waals surface area contributed by atoms with Crippen LogP contribution in [0.3, 0.4) is 0 Å². The number of halogens is 1. The van der Waals surface area contributed by atoms with Crippen molar-refractivity contribution in [3.05, 3.63) is 29.8 Å². The van der Waals surface area contributed by atoms with Gasteiger partial charge < -0.3 is 20.3 Å². The Hall–Kier alpha value is -1.51. The van der Waals surface area contributed by atoms with Gasteiger partial charge in [0.2, 0.25) is 5.91 Å². The Labute approximate surface area is 181 Å². The lowest BCUT2D eigenvalue weighted by Gasteiger charge is -2.14. The number of nitrogens with zero attached hydrogens (tertiary/aromatic N) is 2. The molecule has 0 aliphatic heterocycles. The summed E-state index contributed by atoms with van der Waals surface area (Å²) in [6.07, 6.45) is 5.66. The molecule has 0 spiro atoms. The van der Waals surface area contributed by atoms with Crippen molar-refractivity contribution >= 4 is 35.8 Å². The number of amides is 1. The highest BCUT2D eigenvalue weighted by molar-refractivity contribution is 14.0. The zero-order valence-corrected chi connectivity index (χ0v) is 19.4. The minimum Gasteiger partial charge on any atom is -0.497 e. The number of likely N-dealkylation sites (N-methyl/N-ethyl adjacent to an activating group) is 1. The predicted molar refractivity (Wildman–Crippen MR) is 123 cm³/mol. The van der Waals surface area contributed by atoms with Crippen LogP contribution in [-0.4, -0.2) is 57.6 Å². The van der Waals surface area contributed by atoms with Gasteiger partial charge in [0, 0.05) is 27.2 Å². The van der Waals surface area contributed by atoms with Crippen molar-refractivity contribution in [1.29, 1.82) is 0 Å². The van der Waals surface area contributed by atoms with Gasteiger partial charge in [-0.2, -0.15) is 0 Å². The lowest BCUT2D eigenvalue weighted by molar-refractivity contribution is -0.127. The number of aliphatic imine (C=N–C) groups is 1. The van der Waals surface area contributed by atoms with E-state index in [1.165, 1.54) is 24.8 Å². The van der Waals surface area contributed by atoms with E-state index in [4.69, 9.17) is 4.74 Å². The Balaban J connectivity index is 0.00000676. The summed E-state index contributed by atoms with van der Waals surface area (Å²) in [6.45, 7) is 3.97. The second-order valence-electron chi connectivity index (χ2n) is 6.47. The highest BCUT2D eigenvalue weighted by atomic mass is 127. The first-order chi connectivity index (χ1) is 12.6. The molecular weight excluding hydrogens is 455 g/mol. The molecule has 0 radical (unpaired) electrons. The first-order valence-electron chi connectivity index (χ1n) is 9.42. The third kappa shape index (κ3) is 11.7. The van der Waals surface area contributed by atoms with E-state index >= 15 is 0 Å². The molecule has 27 heavy (non-hydrogen) atoms. The number of benzene rings is 1. The summed E-state index contributed by atoms with van der Waals surface area (Å²) < 4.78 is 5.18. The lowest BCUT2D eigenvalue weighted by Crippen LogP contribution is -2.40. The smallest absolute Gasteiger partial charge is 0.243 e. The van der Waals surface area contributed by atoms with Crippen LogP contribution in [-0.2, 0) is 11.2 Å². The van der Waals surface area contributed by atoms with Crippen LogP contribution in [0.5, 0.6) is 5.75 Å². The van der Waals surface area contributed by atoms with Gasteiger partial charge in [0.05, 0.1) is 7.11 Å². The van der Waals surface area contributed by atoms with Crippen LogP contribution in [0.1, 0.15) is 38.2 Å². The number of carbonyl (C=O) groups is 1. The Kier molecular flexibility index (Phi) is 14.7. The molecule has 0 saturated carbocycles. The number of ether oxygens (including phenoxy) is 1. The van der Waals surface area contributed by atoms with Crippen LogP contribution in [0.15, 0.2) is 29.3 Å². The van der Waals surface area contributed by atoms with Gasteiger partial charge in [-0.25, -0.2) is 4.99 Å². The van der Waals surface area contributed by atoms with E-state index in [1.54, 1.807) is 26.1 Å². The molecule has 0 saturated heterocycles. The van der Waals surface area contributed by atoms with Crippen LogP contribution >= 0.6 is 24.0 Å². The number of methoxy groups -OCH3 is 1. The standard InChI is InChI=1S/C20H34N4O2.HI/c1-5-6-7-8-14-21-20(23-16-19(25)24(2)3)22-15-13-17-9-11-18(26-4)12-10-17;/h9-12H,5-8,13-16H2,1-4H3,(H2,21,22,23);1H. The molecule has 1 rings (SSSR count). The molecule has 0 atom stereocenters. The summed E-state index contributed by atoms with van der Waals surface area (Å²) in [6, 6.07) is 8.05. The van der Waals surface area contributed by atoms with Crippen LogP contribution in [0.4, 0.5) is 0 Å². The SMILES string of the molecule is CCCCCCNC(=NCC(=O)N(C)C)NCCc1ccc(OC)cc1.I. The topological polar surface area (TPSA) is 66.0 Å². The molecular formula is C20H35IN4O2. The minimum absolute atomic E-state index is 0. The summed E-state index contributed by atoms with van der Waals surface area (Å²) in [4.78, 5) is 17.7. The maximum atomic E-state index is 11.8. The Morgan fingerprint density at radius 2 is 1.74 bits per heavy atom. The van der Waals surface area contributed by atoms with Gasteiger partial charge in [-0.1, -0.05) is 38.3 Å². The number of guanidine groups is 1. The zero-order valence-electron chi connectivity index (χ0n) is 17.1. The quantitative estimate of drug-likeness (QED) is 0.217. The number of nitrogens with one attached hydrogen (secondary N) is 2. The highest BCUT2D eigenvalue weighted by Crippen LogP contribution is 2.11. The average molecular weight is 490 g/mol. The van der Waals surface area contributed by atoms with Crippen molar-refractivity contribution in [2.45, 2.75) is 39.0 Å². The molecule has 154 valence electrons. The summed E-state index contributed by atoms with van der Waals surface area (Å²) in [5.41, 5.74) is 1.23. The first kappa shape index (κ1) is 25.5. The third-order valence-electron chi connectivity index (χ3n) is 4.06. The monoisotopic (exact) mass is 490 g/mol. The van der Waals surface area contributed by atoms with Gasteiger partial charge in [0.1, 0.15) is 12.3 Å². The Morgan fingerprint density at radius 3 is 2.33 bits per heavy atom. The molecule has 0 aliphatic rings. The van der Waals surface area contributed by atoms with Crippen molar-refractivity contribution < 1.29 is 9.53 Å². The van der Waals surface area contributed by atoms with Gasteiger partial charge in [-0.3, -0.25) is 4.79 Å². The zero-order chi connectivity index (χ0) is 19.2. The van der Waals surface area contributed by atoms with Crippen LogP contribution < -0.4 is 15.4 Å². The number of carbonyl (C=O) groups excluding carboxylic acids is 1. The fourth-order valence-electron chi connectivity index (χ4n) is 2.34. The van der Waals surface area contributed by atoms with Crippen molar-refractivity contribution in [3.8, 4) is 5.75 Å². The number of hydrogen-bond acceptors (Lipinski definition) is 3. The second kappa shape index (κ2) is 15.5. The van der Waals surface area contributed by atoms with Crippen LogP contribution in [0.2, 0.25) is 0 Å². The van der Waals surface area contributed by atoms with Crippen molar-refractivity contribution in [2.75, 3.05) is 40.8 Å². The second-order valence-corrected chi connectivity index (χ2v) is 6.47.